The zero-order valence-electron chi connectivity index (χ0n) is 9.29. The summed E-state index contributed by atoms with van der Waals surface area (Å²) < 4.78 is 25.5. The Balaban J connectivity index is 3.06. The van der Waals surface area contributed by atoms with E-state index in [9.17, 15) is 18.5 Å². The van der Waals surface area contributed by atoms with Gasteiger partial charge in [-0.15, -0.1) is 11.3 Å². The molecule has 0 aliphatic carbocycles. The van der Waals surface area contributed by atoms with Gasteiger partial charge in [-0.25, -0.2) is 13.1 Å². The molecular formula is C8H11ClN2O5S2. The minimum atomic E-state index is -3.90. The highest BCUT2D eigenvalue weighted by molar-refractivity contribution is 7.91. The van der Waals surface area contributed by atoms with Crippen molar-refractivity contribution < 1.29 is 18.4 Å². The first-order valence-corrected chi connectivity index (χ1v) is 7.56. The molecule has 0 aliphatic heterocycles. The molecule has 1 atom stereocenters. The second-order valence-electron chi connectivity index (χ2n) is 3.39. The first-order chi connectivity index (χ1) is 8.31. The standard InChI is InChI=1S/C8H11ClN2O5S2/c1-2-5(4-12)10-18(15,16)7-3-6(11(13)14)8(9)17-7/h3,5,10,12H,2,4H2,1H3. The third-order valence-corrected chi connectivity index (χ3v) is 5.47. The maximum absolute atomic E-state index is 11.9. The van der Waals surface area contributed by atoms with Crippen LogP contribution < -0.4 is 4.72 Å². The Hall–Kier alpha value is -0.740. The molecule has 0 aromatic carbocycles. The van der Waals surface area contributed by atoms with Gasteiger partial charge < -0.3 is 5.11 Å². The summed E-state index contributed by atoms with van der Waals surface area (Å²) in [7, 11) is -3.90. The first-order valence-electron chi connectivity index (χ1n) is 4.88. The van der Waals surface area contributed by atoms with Gasteiger partial charge in [-0.3, -0.25) is 10.1 Å². The van der Waals surface area contributed by atoms with Crippen molar-refractivity contribution in [3.63, 3.8) is 0 Å². The van der Waals surface area contributed by atoms with E-state index in [1.807, 2.05) is 0 Å². The average molecular weight is 315 g/mol. The minimum Gasteiger partial charge on any atom is -0.395 e. The molecule has 0 aliphatic rings. The number of hydrogen-bond donors (Lipinski definition) is 2. The van der Waals surface area contributed by atoms with E-state index in [2.05, 4.69) is 4.72 Å². The second-order valence-corrected chi connectivity index (χ2v) is 6.99. The highest BCUT2D eigenvalue weighted by Gasteiger charge is 2.26. The van der Waals surface area contributed by atoms with Crippen molar-refractivity contribution >= 4 is 38.6 Å². The van der Waals surface area contributed by atoms with E-state index < -0.39 is 26.7 Å². The molecule has 1 heterocycles. The van der Waals surface area contributed by atoms with Gasteiger partial charge in [0.25, 0.3) is 15.7 Å². The SMILES string of the molecule is CCC(CO)NS(=O)(=O)c1cc([N+](=O)[O-])c(Cl)s1. The third-order valence-electron chi connectivity index (χ3n) is 2.14. The number of nitro groups is 1. The van der Waals surface area contributed by atoms with Crippen molar-refractivity contribution in [2.24, 2.45) is 0 Å². The monoisotopic (exact) mass is 314 g/mol. The molecule has 0 fully saturated rings. The smallest absolute Gasteiger partial charge is 0.300 e. The Morgan fingerprint density at radius 2 is 2.28 bits per heavy atom. The molecule has 102 valence electrons. The van der Waals surface area contributed by atoms with Crippen molar-refractivity contribution in [1.82, 2.24) is 4.72 Å². The predicted octanol–water partition coefficient (Wildman–Crippen LogP) is 1.36. The molecule has 0 saturated heterocycles. The molecule has 1 unspecified atom stereocenters. The van der Waals surface area contributed by atoms with Crippen LogP contribution in [0.5, 0.6) is 0 Å². The van der Waals surface area contributed by atoms with E-state index in [0.29, 0.717) is 17.8 Å². The van der Waals surface area contributed by atoms with Crippen molar-refractivity contribution in [3.8, 4) is 0 Å². The molecule has 0 radical (unpaired) electrons. The van der Waals surface area contributed by atoms with Crippen molar-refractivity contribution in [2.45, 2.75) is 23.6 Å². The summed E-state index contributed by atoms with van der Waals surface area (Å²) in [5, 5.41) is 19.5. The highest BCUT2D eigenvalue weighted by atomic mass is 35.5. The summed E-state index contributed by atoms with van der Waals surface area (Å²) in [5.41, 5.74) is -0.445. The van der Waals surface area contributed by atoms with Crippen LogP contribution in [0.1, 0.15) is 13.3 Å². The van der Waals surface area contributed by atoms with E-state index in [0.717, 1.165) is 6.07 Å². The van der Waals surface area contributed by atoms with Crippen LogP contribution >= 0.6 is 22.9 Å². The van der Waals surface area contributed by atoms with Crippen molar-refractivity contribution in [3.05, 3.63) is 20.5 Å². The van der Waals surface area contributed by atoms with Gasteiger partial charge >= 0.3 is 0 Å². The van der Waals surface area contributed by atoms with E-state index in [-0.39, 0.29) is 15.2 Å². The third kappa shape index (κ3) is 3.39. The maximum Gasteiger partial charge on any atom is 0.300 e. The van der Waals surface area contributed by atoms with E-state index in [1.54, 1.807) is 6.92 Å². The van der Waals surface area contributed by atoms with Crippen LogP contribution in [0.15, 0.2) is 10.3 Å². The molecule has 18 heavy (non-hydrogen) atoms. The minimum absolute atomic E-state index is 0.197. The molecule has 0 spiro atoms. The summed E-state index contributed by atoms with van der Waals surface area (Å²) in [4.78, 5) is 9.82. The van der Waals surface area contributed by atoms with E-state index in [1.165, 1.54) is 0 Å². The summed E-state index contributed by atoms with van der Waals surface area (Å²) in [6, 6.07) is 0.273. The molecule has 7 nitrogen and oxygen atoms in total. The summed E-state index contributed by atoms with van der Waals surface area (Å²) >= 11 is 6.19. The quantitative estimate of drug-likeness (QED) is 0.608. The molecule has 1 rings (SSSR count). The van der Waals surface area contributed by atoms with Crippen LogP contribution in [-0.2, 0) is 10.0 Å². The Labute approximate surface area is 113 Å². The van der Waals surface area contributed by atoms with Crippen LogP contribution in [0.2, 0.25) is 4.34 Å². The fourth-order valence-corrected chi connectivity index (χ4v) is 4.11. The zero-order valence-corrected chi connectivity index (χ0v) is 11.7. The van der Waals surface area contributed by atoms with Gasteiger partial charge in [0, 0.05) is 12.1 Å². The van der Waals surface area contributed by atoms with Crippen LogP contribution in [0, 0.1) is 10.1 Å². The van der Waals surface area contributed by atoms with Gasteiger partial charge in [0.2, 0.25) is 0 Å². The van der Waals surface area contributed by atoms with Gasteiger partial charge in [0.05, 0.1) is 11.5 Å². The maximum atomic E-state index is 11.9. The number of halogens is 1. The molecule has 1 aromatic rings. The van der Waals surface area contributed by atoms with Gasteiger partial charge in [-0.05, 0) is 6.42 Å². The number of aliphatic hydroxyl groups is 1. The Morgan fingerprint density at radius 1 is 1.67 bits per heavy atom. The van der Waals surface area contributed by atoms with E-state index >= 15 is 0 Å². The normalized spacial score (nSPS) is 13.5. The summed E-state index contributed by atoms with van der Waals surface area (Å²) in [6.07, 6.45) is 0.400. The predicted molar refractivity (Wildman–Crippen MR) is 67.5 cm³/mol. The van der Waals surface area contributed by atoms with Crippen molar-refractivity contribution in [1.29, 1.82) is 0 Å². The lowest BCUT2D eigenvalue weighted by Gasteiger charge is -2.12. The topological polar surface area (TPSA) is 110 Å². The Bertz CT molecular complexity index is 538. The fraction of sp³-hybridized carbons (Fsp3) is 0.500. The Kier molecular flexibility index (Phi) is 5.05. The largest absolute Gasteiger partial charge is 0.395 e. The lowest BCUT2D eigenvalue weighted by atomic mass is 10.3. The molecule has 0 saturated carbocycles. The van der Waals surface area contributed by atoms with Crippen LogP contribution in [0.3, 0.4) is 0 Å². The molecule has 0 bridgehead atoms. The summed E-state index contributed by atoms with van der Waals surface area (Å²) in [6.45, 7) is 1.35. The van der Waals surface area contributed by atoms with Crippen LogP contribution in [0.4, 0.5) is 5.69 Å². The molecular weight excluding hydrogens is 304 g/mol. The second kappa shape index (κ2) is 5.93. The molecule has 2 N–H and O–H groups in total. The van der Waals surface area contributed by atoms with Gasteiger partial charge in [-0.2, -0.15) is 0 Å². The molecule has 1 aromatic heterocycles. The summed E-state index contributed by atoms with van der Waals surface area (Å²) in [5.74, 6) is 0. The number of rotatable bonds is 6. The number of hydrogen-bond acceptors (Lipinski definition) is 6. The first kappa shape index (κ1) is 15.3. The Morgan fingerprint density at radius 3 is 2.67 bits per heavy atom. The lowest BCUT2D eigenvalue weighted by molar-refractivity contribution is -0.384. The number of nitrogens with one attached hydrogen (secondary N) is 1. The number of aliphatic hydroxyl groups excluding tert-OH is 1. The van der Waals surface area contributed by atoms with Crippen LogP contribution in [-0.4, -0.2) is 31.1 Å². The lowest BCUT2D eigenvalue weighted by Crippen LogP contribution is -2.36. The van der Waals surface area contributed by atoms with Crippen molar-refractivity contribution in [2.75, 3.05) is 6.61 Å². The van der Waals surface area contributed by atoms with Gasteiger partial charge in [-0.1, -0.05) is 18.5 Å². The zero-order chi connectivity index (χ0) is 13.9. The number of thiophene rings is 1. The molecule has 10 heteroatoms. The van der Waals surface area contributed by atoms with Gasteiger partial charge in [0.15, 0.2) is 4.34 Å². The molecule has 0 amide bonds. The average Bonchev–Trinajstić information content (AvgIpc) is 2.69. The number of nitrogens with zero attached hydrogens (tertiary/aromatic N) is 1. The number of sulfonamides is 1. The van der Waals surface area contributed by atoms with Gasteiger partial charge in [0.1, 0.15) is 4.21 Å². The van der Waals surface area contributed by atoms with E-state index in [4.69, 9.17) is 16.7 Å². The highest BCUT2D eigenvalue weighted by Crippen LogP contribution is 2.36. The van der Waals surface area contributed by atoms with Crippen LogP contribution in [0.25, 0.3) is 0 Å². The fourth-order valence-electron chi connectivity index (χ4n) is 1.12.